The predicted molar refractivity (Wildman–Crippen MR) is 72.6 cm³/mol. The average Bonchev–Trinajstić information content (AvgIpc) is 2.45. The number of rotatable bonds is 2. The van der Waals surface area contributed by atoms with Crippen LogP contribution in [0.2, 0.25) is 0 Å². The number of carboxylic acid groups (broad SMARTS) is 2. The van der Waals surface area contributed by atoms with Crippen LogP contribution >= 0.6 is 0 Å². The minimum atomic E-state index is -1.06. The number of hydrogen-bond donors (Lipinski definition) is 3. The van der Waals surface area contributed by atoms with E-state index in [4.69, 9.17) is 0 Å². The van der Waals surface area contributed by atoms with Gasteiger partial charge in [0, 0.05) is 0 Å². The fourth-order valence-electron chi connectivity index (χ4n) is 2.77. The van der Waals surface area contributed by atoms with Crippen LogP contribution < -0.4 is 5.32 Å². The highest BCUT2D eigenvalue weighted by Crippen LogP contribution is 2.31. The molecule has 0 amide bonds. The summed E-state index contributed by atoms with van der Waals surface area (Å²) in [5.74, 6) is -2.10. The largest absolute Gasteiger partial charge is 0.480 e. The van der Waals surface area contributed by atoms with E-state index >= 15 is 0 Å². The monoisotopic (exact) mass is 271 g/mol. The molecule has 0 fully saturated rings. The van der Waals surface area contributed by atoms with Gasteiger partial charge >= 0.3 is 11.9 Å². The zero-order valence-corrected chi connectivity index (χ0v) is 10.5. The third kappa shape index (κ3) is 1.92. The molecule has 2 unspecified atom stereocenters. The minimum absolute atomic E-state index is 0.287. The summed E-state index contributed by atoms with van der Waals surface area (Å²) in [7, 11) is 0. The van der Waals surface area contributed by atoms with Crippen molar-refractivity contribution >= 4 is 22.7 Å². The van der Waals surface area contributed by atoms with Gasteiger partial charge in [-0.3, -0.25) is 14.9 Å². The van der Waals surface area contributed by atoms with E-state index in [9.17, 15) is 19.8 Å². The summed E-state index contributed by atoms with van der Waals surface area (Å²) >= 11 is 0. The normalized spacial score (nSPS) is 21.4. The molecular formula is C15H13NO4. The van der Waals surface area contributed by atoms with Crippen molar-refractivity contribution in [3.8, 4) is 0 Å². The Bertz CT molecular complexity index is 710. The van der Waals surface area contributed by atoms with Gasteiger partial charge in [0.15, 0.2) is 0 Å². The van der Waals surface area contributed by atoms with E-state index in [1.54, 1.807) is 6.07 Å². The quantitative estimate of drug-likeness (QED) is 0.771. The minimum Gasteiger partial charge on any atom is -0.480 e. The van der Waals surface area contributed by atoms with E-state index in [1.165, 1.54) is 0 Å². The number of aliphatic carboxylic acids is 2. The van der Waals surface area contributed by atoms with Crippen LogP contribution in [-0.4, -0.2) is 28.2 Å². The first-order valence-corrected chi connectivity index (χ1v) is 6.30. The van der Waals surface area contributed by atoms with Gasteiger partial charge in [0.25, 0.3) is 0 Å². The van der Waals surface area contributed by atoms with Crippen molar-refractivity contribution in [2.24, 2.45) is 0 Å². The van der Waals surface area contributed by atoms with Crippen LogP contribution in [0.5, 0.6) is 0 Å². The lowest BCUT2D eigenvalue weighted by Gasteiger charge is -2.29. The summed E-state index contributed by atoms with van der Waals surface area (Å²) in [6, 6.07) is 9.38. The first kappa shape index (κ1) is 12.6. The summed E-state index contributed by atoms with van der Waals surface area (Å²) < 4.78 is 0. The molecule has 5 heteroatoms. The van der Waals surface area contributed by atoms with Crippen molar-refractivity contribution < 1.29 is 19.8 Å². The number of hydrogen-bond acceptors (Lipinski definition) is 3. The van der Waals surface area contributed by atoms with E-state index < -0.39 is 24.0 Å². The second-order valence-corrected chi connectivity index (χ2v) is 4.89. The molecule has 0 saturated heterocycles. The third-order valence-corrected chi connectivity index (χ3v) is 3.71. The molecule has 3 rings (SSSR count). The van der Waals surface area contributed by atoms with Crippen molar-refractivity contribution in [1.29, 1.82) is 0 Å². The molecule has 2 atom stereocenters. The fourth-order valence-corrected chi connectivity index (χ4v) is 2.77. The van der Waals surface area contributed by atoms with Gasteiger partial charge in [0.1, 0.15) is 12.1 Å². The third-order valence-electron chi connectivity index (χ3n) is 3.71. The van der Waals surface area contributed by atoms with Crippen molar-refractivity contribution in [1.82, 2.24) is 5.32 Å². The zero-order valence-electron chi connectivity index (χ0n) is 10.5. The highest BCUT2D eigenvalue weighted by atomic mass is 16.4. The van der Waals surface area contributed by atoms with Crippen LogP contribution in [-0.2, 0) is 16.0 Å². The molecule has 0 bridgehead atoms. The standard InChI is InChI=1S/C15H13NO4/c17-14(18)12-7-11-9-4-2-1-3-8(9)5-6-10(11)13(16-12)15(19)20/h1-6,12-13,16H,7H2,(H,17,18)(H,19,20). The molecule has 1 aliphatic rings. The summed E-state index contributed by atoms with van der Waals surface area (Å²) in [5, 5.41) is 23.1. The van der Waals surface area contributed by atoms with Gasteiger partial charge < -0.3 is 10.2 Å². The maximum Gasteiger partial charge on any atom is 0.325 e. The molecule has 20 heavy (non-hydrogen) atoms. The van der Waals surface area contributed by atoms with Crippen molar-refractivity contribution in [3.05, 3.63) is 47.5 Å². The maximum absolute atomic E-state index is 11.4. The molecule has 2 aromatic rings. The molecule has 1 heterocycles. The number of benzene rings is 2. The van der Waals surface area contributed by atoms with E-state index in [1.807, 2.05) is 30.3 Å². The number of fused-ring (bicyclic) bond motifs is 3. The van der Waals surface area contributed by atoms with Crippen molar-refractivity contribution in [2.75, 3.05) is 0 Å². The summed E-state index contributed by atoms with van der Waals surface area (Å²) in [5.41, 5.74) is 1.45. The Morgan fingerprint density at radius 1 is 1.05 bits per heavy atom. The highest BCUT2D eigenvalue weighted by molar-refractivity contribution is 5.91. The number of carbonyl (C=O) groups is 2. The van der Waals surface area contributed by atoms with Crippen LogP contribution in [0.1, 0.15) is 17.2 Å². The molecule has 0 radical (unpaired) electrons. The summed E-state index contributed by atoms with van der Waals surface area (Å²) in [6.07, 6.45) is 0.287. The first-order chi connectivity index (χ1) is 9.58. The second kappa shape index (κ2) is 4.61. The van der Waals surface area contributed by atoms with Gasteiger partial charge in [-0.15, -0.1) is 0 Å². The van der Waals surface area contributed by atoms with Crippen molar-refractivity contribution in [3.63, 3.8) is 0 Å². The molecule has 2 aromatic carbocycles. The molecule has 5 nitrogen and oxygen atoms in total. The lowest BCUT2D eigenvalue weighted by molar-refractivity contribution is -0.143. The Morgan fingerprint density at radius 3 is 2.50 bits per heavy atom. The topological polar surface area (TPSA) is 86.6 Å². The SMILES string of the molecule is O=C(O)C1Cc2c(ccc3ccccc23)C(C(=O)O)N1. The Labute approximate surface area is 114 Å². The molecule has 0 saturated carbocycles. The van der Waals surface area contributed by atoms with Crippen molar-refractivity contribution in [2.45, 2.75) is 18.5 Å². The number of nitrogens with one attached hydrogen (secondary N) is 1. The van der Waals surface area contributed by atoms with Gasteiger partial charge in [0.05, 0.1) is 0 Å². The van der Waals surface area contributed by atoms with E-state index in [-0.39, 0.29) is 6.42 Å². The Morgan fingerprint density at radius 2 is 1.80 bits per heavy atom. The lowest BCUT2D eigenvalue weighted by Crippen LogP contribution is -2.47. The van der Waals surface area contributed by atoms with Crippen LogP contribution in [0, 0.1) is 0 Å². The summed E-state index contributed by atoms with van der Waals surface area (Å²) in [6.45, 7) is 0. The fraction of sp³-hybridized carbons (Fsp3) is 0.200. The van der Waals surface area contributed by atoms with E-state index in [0.717, 1.165) is 16.3 Å². The van der Waals surface area contributed by atoms with Crippen LogP contribution in [0.4, 0.5) is 0 Å². The van der Waals surface area contributed by atoms with Crippen LogP contribution in [0.15, 0.2) is 36.4 Å². The zero-order chi connectivity index (χ0) is 14.3. The first-order valence-electron chi connectivity index (χ1n) is 6.30. The molecule has 0 spiro atoms. The molecule has 1 aliphatic heterocycles. The van der Waals surface area contributed by atoms with Crippen LogP contribution in [0.25, 0.3) is 10.8 Å². The Balaban J connectivity index is 2.22. The molecule has 102 valence electrons. The highest BCUT2D eigenvalue weighted by Gasteiger charge is 2.34. The molecule has 0 aromatic heterocycles. The molecule has 3 N–H and O–H groups in total. The summed E-state index contributed by atoms with van der Waals surface area (Å²) in [4.78, 5) is 22.6. The van der Waals surface area contributed by atoms with Crippen LogP contribution in [0.3, 0.4) is 0 Å². The van der Waals surface area contributed by atoms with E-state index in [2.05, 4.69) is 5.32 Å². The molecular weight excluding hydrogens is 258 g/mol. The Kier molecular flexibility index (Phi) is 2.91. The maximum atomic E-state index is 11.4. The predicted octanol–water partition coefficient (Wildman–Crippen LogP) is 1.56. The lowest BCUT2D eigenvalue weighted by atomic mass is 9.86. The van der Waals surface area contributed by atoms with Gasteiger partial charge in [-0.1, -0.05) is 36.4 Å². The van der Waals surface area contributed by atoms with Gasteiger partial charge in [-0.05, 0) is 28.3 Å². The number of carboxylic acids is 2. The second-order valence-electron chi connectivity index (χ2n) is 4.89. The smallest absolute Gasteiger partial charge is 0.325 e. The molecule has 0 aliphatic carbocycles. The van der Waals surface area contributed by atoms with E-state index in [0.29, 0.717) is 5.56 Å². The van der Waals surface area contributed by atoms with Gasteiger partial charge in [0.2, 0.25) is 0 Å². The van der Waals surface area contributed by atoms with Gasteiger partial charge in [-0.2, -0.15) is 0 Å². The van der Waals surface area contributed by atoms with Gasteiger partial charge in [-0.25, -0.2) is 0 Å². The Hall–Kier alpha value is -2.40. The average molecular weight is 271 g/mol.